The number of hydrogen-bond acceptors (Lipinski definition) is 7. The Labute approximate surface area is 140 Å². The van der Waals surface area contributed by atoms with E-state index in [1.165, 1.54) is 35.6 Å². The van der Waals surface area contributed by atoms with Gasteiger partial charge in [-0.15, -0.1) is 11.3 Å². The predicted molar refractivity (Wildman–Crippen MR) is 92.9 cm³/mol. The first-order chi connectivity index (χ1) is 11.5. The fourth-order valence-electron chi connectivity index (χ4n) is 2.11. The molecule has 1 aromatic heterocycles. The molecule has 0 bridgehead atoms. The second-order valence-electron chi connectivity index (χ2n) is 4.99. The Morgan fingerprint density at radius 3 is 2.25 bits per heavy atom. The summed E-state index contributed by atoms with van der Waals surface area (Å²) in [5.74, 6) is -0.184. The molecule has 7 nitrogen and oxygen atoms in total. The van der Waals surface area contributed by atoms with Crippen molar-refractivity contribution in [2.75, 3.05) is 11.5 Å². The molecule has 0 aliphatic heterocycles. The zero-order chi connectivity index (χ0) is 17.3. The first-order valence-corrected chi connectivity index (χ1v) is 7.68. The minimum atomic E-state index is -0.519. The van der Waals surface area contributed by atoms with Crippen molar-refractivity contribution >= 4 is 34.3 Å². The Morgan fingerprint density at radius 1 is 1.04 bits per heavy atom. The summed E-state index contributed by atoms with van der Waals surface area (Å²) in [6.45, 7) is 0. The van der Waals surface area contributed by atoms with Gasteiger partial charge in [0, 0.05) is 28.9 Å². The van der Waals surface area contributed by atoms with Crippen LogP contribution in [0.4, 0.5) is 17.2 Å². The van der Waals surface area contributed by atoms with Crippen molar-refractivity contribution in [2.24, 2.45) is 0 Å². The van der Waals surface area contributed by atoms with E-state index in [9.17, 15) is 14.9 Å². The number of ketones is 1. The zero-order valence-corrected chi connectivity index (χ0v) is 13.1. The molecular weight excluding hydrogens is 328 g/mol. The normalized spacial score (nSPS) is 10.5. The van der Waals surface area contributed by atoms with Gasteiger partial charge in [-0.3, -0.25) is 14.9 Å². The molecule has 0 fully saturated rings. The number of nitrogen functional groups attached to an aromatic ring is 2. The Balaban J connectivity index is 1.93. The minimum Gasteiger partial charge on any atom is -0.399 e. The smallest absolute Gasteiger partial charge is 0.269 e. The van der Waals surface area contributed by atoms with Gasteiger partial charge >= 0.3 is 0 Å². The number of anilines is 2. The first kappa shape index (κ1) is 15.6. The largest absolute Gasteiger partial charge is 0.399 e. The van der Waals surface area contributed by atoms with Crippen LogP contribution in [-0.4, -0.2) is 15.7 Å². The molecule has 3 rings (SSSR count). The van der Waals surface area contributed by atoms with Gasteiger partial charge in [0.2, 0.25) is 5.78 Å². The number of carbonyl (C=O) groups is 1. The summed E-state index contributed by atoms with van der Waals surface area (Å²) in [5, 5.41) is 11.3. The molecule has 24 heavy (non-hydrogen) atoms. The summed E-state index contributed by atoms with van der Waals surface area (Å²) >= 11 is 1.17. The Bertz CT molecular complexity index is 918. The van der Waals surface area contributed by atoms with Crippen LogP contribution < -0.4 is 11.5 Å². The molecule has 1 heterocycles. The first-order valence-electron chi connectivity index (χ1n) is 6.87. The average Bonchev–Trinajstić information content (AvgIpc) is 2.96. The van der Waals surface area contributed by atoms with Crippen molar-refractivity contribution in [2.45, 2.75) is 0 Å². The third kappa shape index (κ3) is 2.95. The van der Waals surface area contributed by atoms with Crippen LogP contribution in [-0.2, 0) is 0 Å². The highest BCUT2D eigenvalue weighted by molar-refractivity contribution is 7.17. The summed E-state index contributed by atoms with van der Waals surface area (Å²) in [5.41, 5.74) is 13.2. The molecule has 0 unspecified atom stereocenters. The van der Waals surface area contributed by atoms with E-state index in [0.717, 1.165) is 5.56 Å². The van der Waals surface area contributed by atoms with Gasteiger partial charge in [0.25, 0.3) is 5.69 Å². The molecule has 0 amide bonds. The molecule has 120 valence electrons. The number of thiazole rings is 1. The number of carbonyl (C=O) groups excluding carboxylic acids is 1. The third-order valence-electron chi connectivity index (χ3n) is 3.36. The molecule has 4 N–H and O–H groups in total. The number of nitrogens with zero attached hydrogens (tertiary/aromatic N) is 2. The number of hydrogen-bond donors (Lipinski definition) is 2. The standard InChI is InChI=1S/C16H12N4O3S/c17-11-5-1-10(2-6-11)16-19-15(18)14(24-16)13(21)9-3-7-12(8-4-9)20(22)23/h1-8H,17-18H2. The Hall–Kier alpha value is -3.26. The molecule has 8 heteroatoms. The maximum absolute atomic E-state index is 12.5. The van der Waals surface area contributed by atoms with Crippen molar-refractivity contribution < 1.29 is 9.72 Å². The average molecular weight is 340 g/mol. The van der Waals surface area contributed by atoms with Crippen molar-refractivity contribution in [3.8, 4) is 10.6 Å². The highest BCUT2D eigenvalue weighted by Crippen LogP contribution is 2.31. The lowest BCUT2D eigenvalue weighted by molar-refractivity contribution is -0.384. The van der Waals surface area contributed by atoms with Crippen molar-refractivity contribution in [1.82, 2.24) is 4.98 Å². The van der Waals surface area contributed by atoms with Gasteiger partial charge in [0.1, 0.15) is 15.7 Å². The molecule has 0 aliphatic rings. The molecule has 0 aliphatic carbocycles. The second kappa shape index (κ2) is 6.09. The number of nitrogens with two attached hydrogens (primary N) is 2. The number of benzene rings is 2. The van der Waals surface area contributed by atoms with Gasteiger partial charge in [-0.1, -0.05) is 0 Å². The number of nitro groups is 1. The lowest BCUT2D eigenvalue weighted by Gasteiger charge is -1.98. The zero-order valence-electron chi connectivity index (χ0n) is 12.3. The lowest BCUT2D eigenvalue weighted by atomic mass is 10.1. The minimum absolute atomic E-state index is 0.0774. The summed E-state index contributed by atoms with van der Waals surface area (Å²) in [7, 11) is 0. The second-order valence-corrected chi connectivity index (χ2v) is 5.99. The lowest BCUT2D eigenvalue weighted by Crippen LogP contribution is -2.02. The van der Waals surface area contributed by atoms with Crippen LogP contribution >= 0.6 is 11.3 Å². The molecule has 0 saturated heterocycles. The number of rotatable bonds is 4. The molecular formula is C16H12N4O3S. The fraction of sp³-hybridized carbons (Fsp3) is 0. The van der Waals surface area contributed by atoms with E-state index >= 15 is 0 Å². The molecule has 0 saturated carbocycles. The van der Waals surface area contributed by atoms with Crippen LogP contribution in [0.3, 0.4) is 0 Å². The van der Waals surface area contributed by atoms with Crippen molar-refractivity contribution in [3.05, 3.63) is 69.1 Å². The van der Waals surface area contributed by atoms with Gasteiger partial charge in [-0.05, 0) is 36.4 Å². The van der Waals surface area contributed by atoms with E-state index in [0.29, 0.717) is 21.1 Å². The highest BCUT2D eigenvalue weighted by Gasteiger charge is 2.19. The number of non-ortho nitro benzene ring substituents is 1. The predicted octanol–water partition coefficient (Wildman–Crippen LogP) is 3.11. The van der Waals surface area contributed by atoms with Crippen LogP contribution in [0.15, 0.2) is 48.5 Å². The number of nitro benzene ring substituents is 1. The van der Waals surface area contributed by atoms with Gasteiger partial charge in [-0.25, -0.2) is 4.98 Å². The molecule has 0 atom stereocenters. The Kier molecular flexibility index (Phi) is 3.97. The SMILES string of the molecule is Nc1ccc(-c2nc(N)c(C(=O)c3ccc([N+](=O)[O-])cc3)s2)cc1. The summed E-state index contributed by atoms with van der Waals surface area (Å²) < 4.78 is 0. The number of aromatic nitrogens is 1. The van der Waals surface area contributed by atoms with Crippen LogP contribution in [0.25, 0.3) is 10.6 Å². The summed E-state index contributed by atoms with van der Waals surface area (Å²) in [4.78, 5) is 27.2. The maximum atomic E-state index is 12.5. The van der Waals surface area contributed by atoms with Crippen LogP contribution in [0.5, 0.6) is 0 Å². The van der Waals surface area contributed by atoms with Crippen LogP contribution in [0.1, 0.15) is 15.2 Å². The van der Waals surface area contributed by atoms with Crippen LogP contribution in [0.2, 0.25) is 0 Å². The topological polar surface area (TPSA) is 125 Å². The maximum Gasteiger partial charge on any atom is 0.269 e. The highest BCUT2D eigenvalue weighted by atomic mass is 32.1. The van der Waals surface area contributed by atoms with Crippen molar-refractivity contribution in [1.29, 1.82) is 0 Å². The van der Waals surface area contributed by atoms with E-state index < -0.39 is 4.92 Å². The van der Waals surface area contributed by atoms with Crippen LogP contribution in [0, 0.1) is 10.1 Å². The van der Waals surface area contributed by atoms with Gasteiger partial charge < -0.3 is 11.5 Å². The molecule has 3 aromatic rings. The monoisotopic (exact) mass is 340 g/mol. The van der Waals surface area contributed by atoms with E-state index in [4.69, 9.17) is 11.5 Å². The summed E-state index contributed by atoms with van der Waals surface area (Å²) in [6, 6.07) is 12.5. The van der Waals surface area contributed by atoms with Gasteiger partial charge in [-0.2, -0.15) is 0 Å². The molecule has 0 radical (unpaired) electrons. The third-order valence-corrected chi connectivity index (χ3v) is 4.48. The van der Waals surface area contributed by atoms with E-state index in [1.807, 2.05) is 0 Å². The quantitative estimate of drug-likeness (QED) is 0.325. The van der Waals surface area contributed by atoms with Gasteiger partial charge in [0.05, 0.1) is 4.92 Å². The van der Waals surface area contributed by atoms with E-state index in [1.54, 1.807) is 24.3 Å². The van der Waals surface area contributed by atoms with E-state index in [2.05, 4.69) is 4.98 Å². The van der Waals surface area contributed by atoms with E-state index in [-0.39, 0.29) is 17.3 Å². The Morgan fingerprint density at radius 2 is 1.67 bits per heavy atom. The fourth-order valence-corrected chi connectivity index (χ4v) is 3.06. The van der Waals surface area contributed by atoms with Crippen molar-refractivity contribution in [3.63, 3.8) is 0 Å². The molecule has 2 aromatic carbocycles. The van der Waals surface area contributed by atoms with Gasteiger partial charge in [0.15, 0.2) is 0 Å². The summed E-state index contributed by atoms with van der Waals surface area (Å²) in [6.07, 6.45) is 0. The molecule has 0 spiro atoms.